The molecule has 0 aliphatic heterocycles. The van der Waals surface area contributed by atoms with Crippen molar-refractivity contribution in [3.8, 4) is 0 Å². The van der Waals surface area contributed by atoms with E-state index in [2.05, 4.69) is 49.6 Å². The van der Waals surface area contributed by atoms with Crippen LogP contribution in [0.4, 0.5) is 0 Å². The molecule has 1 heteroatoms. The van der Waals surface area contributed by atoms with Gasteiger partial charge in [0.15, 0.2) is 0 Å². The maximum Gasteiger partial charge on any atom is 0.0152 e. The molecule has 0 bridgehead atoms. The lowest BCUT2D eigenvalue weighted by atomic mass is 9.91. The fourth-order valence-electron chi connectivity index (χ4n) is 1.77. The van der Waals surface area contributed by atoms with Crippen LogP contribution in [-0.2, 0) is 0 Å². The number of rotatable bonds is 2. The molecule has 0 nitrogen and oxygen atoms in total. The summed E-state index contributed by atoms with van der Waals surface area (Å²) in [6, 6.07) is 4.36. The van der Waals surface area contributed by atoms with Crippen LogP contribution in [0.15, 0.2) is 41.3 Å². The predicted octanol–water partition coefficient (Wildman–Crippen LogP) is 4.37. The third-order valence-electron chi connectivity index (χ3n) is 2.81. The Morgan fingerprint density at radius 2 is 2.36 bits per heavy atom. The van der Waals surface area contributed by atoms with Crippen molar-refractivity contribution in [3.05, 3.63) is 46.2 Å². The van der Waals surface area contributed by atoms with Crippen LogP contribution in [0.1, 0.15) is 31.1 Å². The van der Waals surface area contributed by atoms with Crippen molar-refractivity contribution < 1.29 is 0 Å². The van der Waals surface area contributed by atoms with E-state index in [-0.39, 0.29) is 0 Å². The van der Waals surface area contributed by atoms with Crippen molar-refractivity contribution in [2.45, 2.75) is 26.2 Å². The molecule has 74 valence electrons. The zero-order valence-corrected chi connectivity index (χ0v) is 9.55. The molecular formula is C13H16S. The first kappa shape index (κ1) is 9.72. The molecule has 0 saturated carbocycles. The molecule has 0 spiro atoms. The number of allylic oxidation sites excluding steroid dienone is 4. The van der Waals surface area contributed by atoms with E-state index >= 15 is 0 Å². The summed E-state index contributed by atoms with van der Waals surface area (Å²) in [5.41, 5.74) is 1.48. The van der Waals surface area contributed by atoms with Crippen molar-refractivity contribution in [2.75, 3.05) is 0 Å². The lowest BCUT2D eigenvalue weighted by Crippen LogP contribution is -2.00. The highest BCUT2D eigenvalue weighted by Gasteiger charge is 2.12. The van der Waals surface area contributed by atoms with Crippen LogP contribution in [0, 0.1) is 5.92 Å². The molecule has 0 saturated heterocycles. The van der Waals surface area contributed by atoms with Crippen molar-refractivity contribution >= 4 is 11.3 Å². The van der Waals surface area contributed by atoms with Gasteiger partial charge in [-0.15, -0.1) is 11.3 Å². The van der Waals surface area contributed by atoms with E-state index in [1.165, 1.54) is 16.9 Å². The van der Waals surface area contributed by atoms with Crippen molar-refractivity contribution in [1.29, 1.82) is 0 Å². The van der Waals surface area contributed by atoms with Gasteiger partial charge in [-0.1, -0.05) is 38.1 Å². The minimum absolute atomic E-state index is 0.568. The van der Waals surface area contributed by atoms with Crippen molar-refractivity contribution in [1.82, 2.24) is 0 Å². The fourth-order valence-corrected chi connectivity index (χ4v) is 2.58. The van der Waals surface area contributed by atoms with Crippen LogP contribution in [0.25, 0.3) is 0 Å². The Morgan fingerprint density at radius 3 is 2.93 bits per heavy atom. The van der Waals surface area contributed by atoms with Gasteiger partial charge in [0.2, 0.25) is 0 Å². The van der Waals surface area contributed by atoms with E-state index in [9.17, 15) is 0 Å². The van der Waals surface area contributed by atoms with E-state index in [0.29, 0.717) is 11.8 Å². The van der Waals surface area contributed by atoms with E-state index in [0.717, 1.165) is 0 Å². The monoisotopic (exact) mass is 204 g/mol. The smallest absolute Gasteiger partial charge is 0.0152 e. The van der Waals surface area contributed by atoms with Gasteiger partial charge < -0.3 is 0 Å². The summed E-state index contributed by atoms with van der Waals surface area (Å²) in [7, 11) is 0. The standard InChI is InChI=1S/C13H16S/c1-10-5-7-12(8-6-10)11(2)13-4-3-9-14-13/h3-5,7-11H,6H2,1-2H3. The van der Waals surface area contributed by atoms with Crippen LogP contribution in [0.2, 0.25) is 0 Å². The highest BCUT2D eigenvalue weighted by atomic mass is 32.1. The van der Waals surface area contributed by atoms with E-state index in [1.807, 2.05) is 11.3 Å². The Kier molecular flexibility index (Phi) is 2.87. The second-order valence-corrected chi connectivity index (χ2v) is 4.99. The topological polar surface area (TPSA) is 0 Å². The summed E-state index contributed by atoms with van der Waals surface area (Å²) >= 11 is 1.85. The maximum atomic E-state index is 2.38. The zero-order chi connectivity index (χ0) is 9.97. The molecule has 0 fully saturated rings. The van der Waals surface area contributed by atoms with Gasteiger partial charge in [-0.25, -0.2) is 0 Å². The summed E-state index contributed by atoms with van der Waals surface area (Å²) in [5, 5.41) is 2.15. The third kappa shape index (κ3) is 1.98. The minimum Gasteiger partial charge on any atom is -0.148 e. The van der Waals surface area contributed by atoms with Crippen LogP contribution >= 0.6 is 11.3 Å². The Bertz CT molecular complexity index is 343. The lowest BCUT2D eigenvalue weighted by molar-refractivity contribution is 0.720. The van der Waals surface area contributed by atoms with Gasteiger partial charge in [-0.05, 0) is 29.4 Å². The average molecular weight is 204 g/mol. The van der Waals surface area contributed by atoms with Crippen molar-refractivity contribution in [3.63, 3.8) is 0 Å². The Hall–Kier alpha value is -0.820. The fraction of sp³-hybridized carbons (Fsp3) is 0.385. The zero-order valence-electron chi connectivity index (χ0n) is 8.73. The number of hydrogen-bond acceptors (Lipinski definition) is 1. The molecule has 0 aromatic carbocycles. The number of thiophene rings is 1. The van der Waals surface area contributed by atoms with Gasteiger partial charge in [-0.2, -0.15) is 0 Å². The molecule has 1 aromatic rings. The summed E-state index contributed by atoms with van der Waals surface area (Å²) < 4.78 is 0. The molecule has 1 aliphatic carbocycles. The molecular weight excluding hydrogens is 188 g/mol. The van der Waals surface area contributed by atoms with Gasteiger partial charge in [0.05, 0.1) is 0 Å². The van der Waals surface area contributed by atoms with Crippen LogP contribution < -0.4 is 0 Å². The Morgan fingerprint density at radius 1 is 1.50 bits per heavy atom. The van der Waals surface area contributed by atoms with E-state index in [1.54, 1.807) is 0 Å². The van der Waals surface area contributed by atoms with Crippen LogP contribution in [-0.4, -0.2) is 0 Å². The first-order chi connectivity index (χ1) is 6.77. The van der Waals surface area contributed by atoms with Gasteiger partial charge >= 0.3 is 0 Å². The second-order valence-electron chi connectivity index (χ2n) is 4.01. The molecule has 0 N–H and O–H groups in total. The molecule has 14 heavy (non-hydrogen) atoms. The summed E-state index contributed by atoms with van der Waals surface area (Å²) in [6.45, 7) is 4.55. The average Bonchev–Trinajstić information content (AvgIpc) is 2.71. The highest BCUT2D eigenvalue weighted by Crippen LogP contribution is 2.31. The SMILES string of the molecule is CC1C=CC(C(C)c2cccs2)=CC1. The largest absolute Gasteiger partial charge is 0.148 e. The van der Waals surface area contributed by atoms with Gasteiger partial charge in [0.1, 0.15) is 0 Å². The minimum atomic E-state index is 0.568. The first-order valence-corrected chi connectivity index (χ1v) is 6.07. The lowest BCUT2D eigenvalue weighted by Gasteiger charge is -2.16. The highest BCUT2D eigenvalue weighted by molar-refractivity contribution is 7.10. The first-order valence-electron chi connectivity index (χ1n) is 5.19. The molecule has 1 aliphatic rings. The number of hydrogen-bond donors (Lipinski definition) is 0. The summed E-state index contributed by atoms with van der Waals surface area (Å²) in [6.07, 6.45) is 8.19. The van der Waals surface area contributed by atoms with Gasteiger partial charge in [0.25, 0.3) is 0 Å². The Labute approximate surface area is 90.0 Å². The molecule has 2 unspecified atom stereocenters. The van der Waals surface area contributed by atoms with Crippen molar-refractivity contribution in [2.24, 2.45) is 5.92 Å². The van der Waals surface area contributed by atoms with Gasteiger partial charge in [0, 0.05) is 10.8 Å². The summed E-state index contributed by atoms with van der Waals surface area (Å²) in [5.74, 6) is 1.29. The van der Waals surface area contributed by atoms with Crippen LogP contribution in [0.5, 0.6) is 0 Å². The predicted molar refractivity (Wildman–Crippen MR) is 63.7 cm³/mol. The third-order valence-corrected chi connectivity index (χ3v) is 3.87. The molecule has 0 radical (unpaired) electrons. The van der Waals surface area contributed by atoms with Crippen LogP contribution in [0.3, 0.4) is 0 Å². The van der Waals surface area contributed by atoms with E-state index < -0.39 is 0 Å². The molecule has 2 rings (SSSR count). The maximum absolute atomic E-state index is 2.38. The molecule has 0 amide bonds. The molecule has 2 atom stereocenters. The normalized spacial score (nSPS) is 23.3. The second kappa shape index (κ2) is 4.14. The quantitative estimate of drug-likeness (QED) is 0.671. The Balaban J connectivity index is 2.14. The molecule has 1 heterocycles. The molecule has 1 aromatic heterocycles. The summed E-state index contributed by atoms with van der Waals surface area (Å²) in [4.78, 5) is 1.47. The van der Waals surface area contributed by atoms with E-state index in [4.69, 9.17) is 0 Å². The van der Waals surface area contributed by atoms with Gasteiger partial charge in [-0.3, -0.25) is 0 Å².